The number of halogens is 2. The van der Waals surface area contributed by atoms with Crippen molar-refractivity contribution in [3.05, 3.63) is 46.6 Å². The van der Waals surface area contributed by atoms with Crippen molar-refractivity contribution in [3.8, 4) is 0 Å². The molecule has 6 heteroatoms. The summed E-state index contributed by atoms with van der Waals surface area (Å²) in [6.07, 6.45) is 1.67. The monoisotopic (exact) mass is 285 g/mol. The van der Waals surface area contributed by atoms with Gasteiger partial charge in [-0.25, -0.2) is 0 Å². The molecule has 0 radical (unpaired) electrons. The van der Waals surface area contributed by atoms with E-state index in [1.807, 2.05) is 24.3 Å². The average Bonchev–Trinajstić information content (AvgIpc) is 2.67. The van der Waals surface area contributed by atoms with E-state index in [2.05, 4.69) is 15.5 Å². The molecular weight excluding hydrogens is 273 g/mol. The van der Waals surface area contributed by atoms with Crippen molar-refractivity contribution in [2.24, 2.45) is 0 Å². The van der Waals surface area contributed by atoms with Gasteiger partial charge >= 0.3 is 0 Å². The average molecular weight is 286 g/mol. The quantitative estimate of drug-likeness (QED) is 0.942. The third-order valence-electron chi connectivity index (χ3n) is 2.91. The van der Waals surface area contributed by atoms with E-state index in [1.54, 1.807) is 0 Å². The smallest absolute Gasteiger partial charge is 0.243 e. The van der Waals surface area contributed by atoms with Gasteiger partial charge in [0, 0.05) is 11.4 Å². The van der Waals surface area contributed by atoms with E-state index in [-0.39, 0.29) is 18.4 Å². The van der Waals surface area contributed by atoms with Crippen LogP contribution in [0.3, 0.4) is 0 Å². The number of aromatic nitrogens is 2. The molecule has 0 unspecified atom stereocenters. The van der Waals surface area contributed by atoms with Crippen LogP contribution in [0.5, 0.6) is 0 Å². The van der Waals surface area contributed by atoms with E-state index < -0.39 is 0 Å². The Hall–Kier alpha value is -1.10. The van der Waals surface area contributed by atoms with Crippen LogP contribution in [0.15, 0.2) is 28.8 Å². The molecule has 18 heavy (non-hydrogen) atoms. The molecule has 1 atom stereocenters. The Balaban J connectivity index is 0.00000120. The van der Waals surface area contributed by atoms with Crippen LogP contribution in [0.2, 0.25) is 5.02 Å². The minimum atomic E-state index is 0. The molecule has 1 aromatic heterocycles. The fourth-order valence-electron chi connectivity index (χ4n) is 1.79. The van der Waals surface area contributed by atoms with Gasteiger partial charge in [0.15, 0.2) is 5.82 Å². The predicted octanol–water partition coefficient (Wildman–Crippen LogP) is 2.77. The van der Waals surface area contributed by atoms with Gasteiger partial charge in [-0.3, -0.25) is 0 Å². The highest BCUT2D eigenvalue weighted by Gasteiger charge is 2.24. The van der Waals surface area contributed by atoms with E-state index in [1.165, 1.54) is 0 Å². The van der Waals surface area contributed by atoms with E-state index in [0.29, 0.717) is 18.1 Å². The van der Waals surface area contributed by atoms with Crippen molar-refractivity contribution in [2.75, 3.05) is 6.54 Å². The molecule has 0 bridgehead atoms. The van der Waals surface area contributed by atoms with E-state index in [4.69, 9.17) is 16.1 Å². The zero-order chi connectivity index (χ0) is 11.7. The van der Waals surface area contributed by atoms with E-state index >= 15 is 0 Å². The molecule has 2 aromatic rings. The molecule has 0 aliphatic carbocycles. The molecule has 1 aliphatic rings. The number of nitrogens with zero attached hydrogens (tertiary/aromatic N) is 2. The highest BCUT2D eigenvalue weighted by Crippen LogP contribution is 2.22. The van der Waals surface area contributed by atoms with Crippen LogP contribution in [-0.4, -0.2) is 16.7 Å². The van der Waals surface area contributed by atoms with Gasteiger partial charge in [0.2, 0.25) is 5.89 Å². The molecule has 1 fully saturated rings. The van der Waals surface area contributed by atoms with Crippen LogP contribution < -0.4 is 5.32 Å². The fraction of sp³-hybridized carbons (Fsp3) is 0.333. The van der Waals surface area contributed by atoms with Gasteiger partial charge in [-0.05, 0) is 24.6 Å². The van der Waals surface area contributed by atoms with Gasteiger partial charge in [0.05, 0.1) is 6.04 Å². The lowest BCUT2D eigenvalue weighted by Crippen LogP contribution is -2.35. The maximum Gasteiger partial charge on any atom is 0.243 e. The van der Waals surface area contributed by atoms with Crippen LogP contribution in [0.25, 0.3) is 0 Å². The summed E-state index contributed by atoms with van der Waals surface area (Å²) in [6, 6.07) is 7.94. The summed E-state index contributed by atoms with van der Waals surface area (Å²) >= 11 is 6.08. The maximum absolute atomic E-state index is 6.08. The van der Waals surface area contributed by atoms with Crippen LogP contribution >= 0.6 is 24.0 Å². The molecular formula is C12H13Cl2N3O. The van der Waals surface area contributed by atoms with Crippen molar-refractivity contribution in [2.45, 2.75) is 18.9 Å². The second-order valence-electron chi connectivity index (χ2n) is 4.11. The molecule has 4 nitrogen and oxygen atoms in total. The number of benzene rings is 1. The fourth-order valence-corrected chi connectivity index (χ4v) is 1.99. The lowest BCUT2D eigenvalue weighted by Gasteiger charge is -2.23. The Bertz CT molecular complexity index is 526. The highest BCUT2D eigenvalue weighted by molar-refractivity contribution is 6.31. The Morgan fingerprint density at radius 1 is 1.39 bits per heavy atom. The second-order valence-corrected chi connectivity index (χ2v) is 4.52. The number of rotatable bonds is 3. The standard InChI is InChI=1S/C12H12ClN3O.ClH/c13-9-4-2-1-3-8(9)7-11-15-12(17-16-11)10-5-6-14-10;/h1-4,10,14H,5-7H2;1H/t10-;/m1./s1. The Labute approximate surface area is 116 Å². The first kappa shape index (κ1) is 13.3. The summed E-state index contributed by atoms with van der Waals surface area (Å²) in [5.41, 5.74) is 1.02. The molecule has 1 N–H and O–H groups in total. The summed E-state index contributed by atoms with van der Waals surface area (Å²) in [4.78, 5) is 4.37. The third kappa shape index (κ3) is 2.66. The Morgan fingerprint density at radius 2 is 2.17 bits per heavy atom. The Kier molecular flexibility index (Phi) is 4.22. The maximum atomic E-state index is 6.08. The van der Waals surface area contributed by atoms with E-state index in [0.717, 1.165) is 23.6 Å². The van der Waals surface area contributed by atoms with Crippen LogP contribution in [0.1, 0.15) is 29.7 Å². The second kappa shape index (κ2) is 5.69. The topological polar surface area (TPSA) is 51.0 Å². The first-order chi connectivity index (χ1) is 8.33. The predicted molar refractivity (Wildman–Crippen MR) is 71.2 cm³/mol. The minimum Gasteiger partial charge on any atom is -0.338 e. The number of hydrogen-bond acceptors (Lipinski definition) is 4. The molecule has 2 heterocycles. The SMILES string of the molecule is Cl.Clc1ccccc1Cc1noc([C@H]2CCN2)n1. The van der Waals surface area contributed by atoms with Gasteiger partial charge < -0.3 is 9.84 Å². The van der Waals surface area contributed by atoms with E-state index in [9.17, 15) is 0 Å². The van der Waals surface area contributed by atoms with Gasteiger partial charge in [-0.1, -0.05) is 35.0 Å². The first-order valence-corrected chi connectivity index (χ1v) is 6.00. The van der Waals surface area contributed by atoms with Gasteiger partial charge in [0.1, 0.15) is 0 Å². The van der Waals surface area contributed by atoms with Crippen molar-refractivity contribution in [1.29, 1.82) is 0 Å². The zero-order valence-corrected chi connectivity index (χ0v) is 11.2. The van der Waals surface area contributed by atoms with Crippen LogP contribution in [-0.2, 0) is 6.42 Å². The largest absolute Gasteiger partial charge is 0.338 e. The van der Waals surface area contributed by atoms with Crippen molar-refractivity contribution >= 4 is 24.0 Å². The summed E-state index contributed by atoms with van der Waals surface area (Å²) in [5.74, 6) is 1.36. The lowest BCUT2D eigenvalue weighted by atomic mass is 10.1. The van der Waals surface area contributed by atoms with Crippen molar-refractivity contribution in [3.63, 3.8) is 0 Å². The van der Waals surface area contributed by atoms with Crippen molar-refractivity contribution < 1.29 is 4.52 Å². The lowest BCUT2D eigenvalue weighted by molar-refractivity contribution is 0.272. The molecule has 1 aliphatic heterocycles. The minimum absolute atomic E-state index is 0. The Morgan fingerprint density at radius 3 is 2.83 bits per heavy atom. The number of nitrogens with one attached hydrogen (secondary N) is 1. The molecule has 3 rings (SSSR count). The summed E-state index contributed by atoms with van der Waals surface area (Å²) in [6.45, 7) is 1.02. The molecule has 0 saturated carbocycles. The van der Waals surface area contributed by atoms with Gasteiger partial charge in [-0.15, -0.1) is 12.4 Å². The molecule has 0 spiro atoms. The highest BCUT2D eigenvalue weighted by atomic mass is 35.5. The summed E-state index contributed by atoms with van der Waals surface area (Å²) in [7, 11) is 0. The molecule has 0 amide bonds. The zero-order valence-electron chi connectivity index (χ0n) is 9.60. The first-order valence-electron chi connectivity index (χ1n) is 5.62. The molecule has 1 aromatic carbocycles. The number of hydrogen-bond donors (Lipinski definition) is 1. The summed E-state index contributed by atoms with van der Waals surface area (Å²) < 4.78 is 5.21. The third-order valence-corrected chi connectivity index (χ3v) is 3.28. The molecule has 1 saturated heterocycles. The van der Waals surface area contributed by atoms with Gasteiger partial charge in [0.25, 0.3) is 0 Å². The molecule has 96 valence electrons. The summed E-state index contributed by atoms with van der Waals surface area (Å²) in [5, 5.41) is 7.94. The van der Waals surface area contributed by atoms with Gasteiger partial charge in [-0.2, -0.15) is 4.98 Å². The van der Waals surface area contributed by atoms with Crippen molar-refractivity contribution in [1.82, 2.24) is 15.5 Å². The van der Waals surface area contributed by atoms with Crippen LogP contribution in [0.4, 0.5) is 0 Å². The normalized spacial score (nSPS) is 17.9. The van der Waals surface area contributed by atoms with Crippen LogP contribution in [0, 0.1) is 0 Å².